The minimum Gasteiger partial charge on any atom is -0.487 e. The van der Waals surface area contributed by atoms with E-state index in [1.807, 2.05) is 13.8 Å². The van der Waals surface area contributed by atoms with Gasteiger partial charge < -0.3 is 14.0 Å². The van der Waals surface area contributed by atoms with Crippen molar-refractivity contribution in [3.63, 3.8) is 0 Å². The van der Waals surface area contributed by atoms with Gasteiger partial charge in [-0.25, -0.2) is 4.79 Å². The molecule has 0 aliphatic carbocycles. The first-order valence-corrected chi connectivity index (χ1v) is 6.27. The number of esters is 1. The maximum atomic E-state index is 11.6. The Labute approximate surface area is 111 Å². The molecular weight excluding hydrogens is 342 g/mol. The fourth-order valence-electron chi connectivity index (χ4n) is 1.26. The minimum absolute atomic E-state index is 0.0194. The van der Waals surface area contributed by atoms with Crippen molar-refractivity contribution >= 4 is 37.8 Å². The summed E-state index contributed by atoms with van der Waals surface area (Å²) < 4.78 is 13.5. The summed E-state index contributed by atoms with van der Waals surface area (Å²) in [5, 5.41) is 0. The van der Waals surface area contributed by atoms with E-state index in [2.05, 4.69) is 31.9 Å². The van der Waals surface area contributed by atoms with Crippen LogP contribution in [0.1, 0.15) is 24.3 Å². The van der Waals surface area contributed by atoms with E-state index >= 15 is 0 Å². The minimum atomic E-state index is -0.426. The molecule has 1 heterocycles. The third-order valence-corrected chi connectivity index (χ3v) is 4.15. The molecule has 16 heavy (non-hydrogen) atoms. The number of halogens is 2. The third-order valence-electron chi connectivity index (χ3n) is 1.96. The first kappa shape index (κ1) is 13.6. The van der Waals surface area contributed by atoms with Crippen LogP contribution in [0, 0.1) is 0 Å². The Kier molecular flexibility index (Phi) is 4.43. The van der Waals surface area contributed by atoms with E-state index in [-0.39, 0.29) is 6.10 Å². The molecule has 0 fully saturated rings. The molecule has 1 aromatic rings. The Balaban J connectivity index is 3.33. The monoisotopic (exact) mass is 353 g/mol. The summed E-state index contributed by atoms with van der Waals surface area (Å²) >= 11 is 6.74. The Bertz CT molecular complexity index is 413. The van der Waals surface area contributed by atoms with Gasteiger partial charge in [0, 0.05) is 7.05 Å². The number of hydrogen-bond acceptors (Lipinski definition) is 3. The van der Waals surface area contributed by atoms with Gasteiger partial charge in [0.15, 0.2) is 11.4 Å². The Hall–Kier alpha value is -0.490. The molecule has 0 amide bonds. The third kappa shape index (κ3) is 2.43. The van der Waals surface area contributed by atoms with Crippen LogP contribution in [0.15, 0.2) is 9.08 Å². The highest BCUT2D eigenvalue weighted by molar-refractivity contribution is 9.13. The van der Waals surface area contributed by atoms with Gasteiger partial charge in [0.2, 0.25) is 0 Å². The van der Waals surface area contributed by atoms with Crippen molar-refractivity contribution in [2.45, 2.75) is 20.0 Å². The van der Waals surface area contributed by atoms with Gasteiger partial charge in [0.05, 0.1) is 17.7 Å². The molecule has 0 aromatic carbocycles. The van der Waals surface area contributed by atoms with Gasteiger partial charge in [-0.05, 0) is 45.7 Å². The van der Waals surface area contributed by atoms with Crippen LogP contribution in [0.3, 0.4) is 0 Å². The fourth-order valence-corrected chi connectivity index (χ4v) is 2.17. The lowest BCUT2D eigenvalue weighted by atomic mass is 10.4. The molecule has 0 atom stereocenters. The first-order valence-electron chi connectivity index (χ1n) is 4.68. The van der Waals surface area contributed by atoms with Crippen molar-refractivity contribution in [2.24, 2.45) is 7.05 Å². The molecule has 6 heteroatoms. The summed E-state index contributed by atoms with van der Waals surface area (Å²) in [6, 6.07) is 0. The van der Waals surface area contributed by atoms with Crippen LogP contribution in [0.5, 0.6) is 5.75 Å². The number of rotatable bonds is 3. The molecule has 0 saturated heterocycles. The average Bonchev–Trinajstić information content (AvgIpc) is 2.42. The molecule has 0 spiro atoms. The van der Waals surface area contributed by atoms with Gasteiger partial charge in [-0.3, -0.25) is 0 Å². The lowest BCUT2D eigenvalue weighted by Gasteiger charge is -2.10. The zero-order valence-corrected chi connectivity index (χ0v) is 12.7. The van der Waals surface area contributed by atoms with Crippen molar-refractivity contribution in [1.82, 2.24) is 4.57 Å². The van der Waals surface area contributed by atoms with Gasteiger partial charge in [-0.2, -0.15) is 0 Å². The zero-order valence-electron chi connectivity index (χ0n) is 9.51. The average molecular weight is 355 g/mol. The van der Waals surface area contributed by atoms with Crippen LogP contribution >= 0.6 is 31.9 Å². The summed E-state index contributed by atoms with van der Waals surface area (Å²) in [6.45, 7) is 3.79. The molecule has 0 radical (unpaired) electrons. The van der Waals surface area contributed by atoms with Crippen LogP contribution in [-0.4, -0.2) is 23.8 Å². The number of carbonyl (C=O) groups excluding carboxylic acids is 1. The smallest absolute Gasteiger partial charge is 0.358 e. The molecule has 4 nitrogen and oxygen atoms in total. The van der Waals surface area contributed by atoms with E-state index in [0.29, 0.717) is 15.9 Å². The lowest BCUT2D eigenvalue weighted by molar-refractivity contribution is 0.0583. The van der Waals surface area contributed by atoms with E-state index in [1.54, 1.807) is 11.6 Å². The van der Waals surface area contributed by atoms with E-state index in [9.17, 15) is 4.79 Å². The maximum absolute atomic E-state index is 11.6. The highest BCUT2D eigenvalue weighted by Crippen LogP contribution is 2.39. The molecule has 90 valence electrons. The largest absolute Gasteiger partial charge is 0.487 e. The van der Waals surface area contributed by atoms with E-state index in [1.165, 1.54) is 7.11 Å². The maximum Gasteiger partial charge on any atom is 0.358 e. The van der Waals surface area contributed by atoms with Crippen molar-refractivity contribution in [3.8, 4) is 5.75 Å². The molecule has 0 saturated carbocycles. The first-order chi connectivity index (χ1) is 7.40. The van der Waals surface area contributed by atoms with Crippen molar-refractivity contribution in [1.29, 1.82) is 0 Å². The van der Waals surface area contributed by atoms with Gasteiger partial charge >= 0.3 is 5.97 Å². The number of methoxy groups -OCH3 is 1. The summed E-state index contributed by atoms with van der Waals surface area (Å²) in [5.41, 5.74) is 0.384. The van der Waals surface area contributed by atoms with Crippen LogP contribution in [-0.2, 0) is 11.8 Å². The highest BCUT2D eigenvalue weighted by Gasteiger charge is 2.25. The van der Waals surface area contributed by atoms with Gasteiger partial charge in [0.1, 0.15) is 4.60 Å². The lowest BCUT2D eigenvalue weighted by Crippen LogP contribution is -2.13. The van der Waals surface area contributed by atoms with Gasteiger partial charge in [0.25, 0.3) is 0 Å². The predicted molar refractivity (Wildman–Crippen MR) is 67.9 cm³/mol. The molecule has 1 rings (SSSR count). The number of carbonyl (C=O) groups is 1. The van der Waals surface area contributed by atoms with E-state index in [4.69, 9.17) is 9.47 Å². The van der Waals surface area contributed by atoms with Crippen molar-refractivity contribution < 1.29 is 14.3 Å². The summed E-state index contributed by atoms with van der Waals surface area (Å²) in [4.78, 5) is 11.6. The molecule has 0 unspecified atom stereocenters. The number of ether oxygens (including phenoxy) is 2. The quantitative estimate of drug-likeness (QED) is 0.783. The van der Waals surface area contributed by atoms with Crippen LogP contribution < -0.4 is 4.74 Å². The topological polar surface area (TPSA) is 40.5 Å². The summed E-state index contributed by atoms with van der Waals surface area (Å²) in [5.74, 6) is 0.0702. The van der Waals surface area contributed by atoms with Crippen LogP contribution in [0.25, 0.3) is 0 Å². The van der Waals surface area contributed by atoms with Crippen molar-refractivity contribution in [3.05, 3.63) is 14.8 Å². The van der Waals surface area contributed by atoms with E-state index < -0.39 is 5.97 Å². The molecule has 1 aromatic heterocycles. The Morgan fingerprint density at radius 3 is 2.38 bits per heavy atom. The fraction of sp³-hybridized carbons (Fsp3) is 0.500. The molecular formula is C10H13Br2NO3. The normalized spacial score (nSPS) is 10.7. The summed E-state index contributed by atoms with van der Waals surface area (Å²) in [6.07, 6.45) is -0.0194. The predicted octanol–water partition coefficient (Wildman–Crippen LogP) is 3.12. The SMILES string of the molecule is COC(=O)c1c(OC(C)C)c(Br)c(Br)n1C. The molecule has 0 bridgehead atoms. The van der Waals surface area contributed by atoms with Crippen molar-refractivity contribution in [2.75, 3.05) is 7.11 Å². The number of nitrogens with zero attached hydrogens (tertiary/aromatic N) is 1. The molecule has 0 N–H and O–H groups in total. The second-order valence-electron chi connectivity index (χ2n) is 3.50. The van der Waals surface area contributed by atoms with Gasteiger partial charge in [-0.1, -0.05) is 0 Å². The van der Waals surface area contributed by atoms with Crippen LogP contribution in [0.2, 0.25) is 0 Å². The number of hydrogen-bond donors (Lipinski definition) is 0. The number of aromatic nitrogens is 1. The zero-order chi connectivity index (χ0) is 12.5. The second kappa shape index (κ2) is 5.23. The Morgan fingerprint density at radius 2 is 1.94 bits per heavy atom. The Morgan fingerprint density at radius 1 is 1.38 bits per heavy atom. The van der Waals surface area contributed by atoms with E-state index in [0.717, 1.165) is 4.60 Å². The van der Waals surface area contributed by atoms with Crippen LogP contribution in [0.4, 0.5) is 0 Å². The molecule has 0 aliphatic heterocycles. The van der Waals surface area contributed by atoms with Gasteiger partial charge in [-0.15, -0.1) is 0 Å². The molecule has 0 aliphatic rings. The highest BCUT2D eigenvalue weighted by atomic mass is 79.9. The second-order valence-corrected chi connectivity index (χ2v) is 5.04. The summed E-state index contributed by atoms with van der Waals surface area (Å²) in [7, 11) is 3.10. The standard InChI is InChI=1S/C10H13Br2NO3/c1-5(2)16-8-6(11)9(12)13(3)7(8)10(14)15-4/h5H,1-4H3.